The van der Waals surface area contributed by atoms with Crippen LogP contribution in [0.25, 0.3) is 0 Å². The number of aliphatic carboxylic acids is 1. The van der Waals surface area contributed by atoms with Gasteiger partial charge in [-0.05, 0) is 18.4 Å². The molecule has 3 atom stereocenters. The average Bonchev–Trinajstić information content (AvgIpc) is 2.49. The quantitative estimate of drug-likeness (QED) is 0.741. The van der Waals surface area contributed by atoms with Gasteiger partial charge in [-0.3, -0.25) is 9.69 Å². The van der Waals surface area contributed by atoms with E-state index >= 15 is 0 Å². The minimum atomic E-state index is -0.745. The van der Waals surface area contributed by atoms with Crippen LogP contribution in [0.5, 0.6) is 0 Å². The Balaban J connectivity index is 2.03. The summed E-state index contributed by atoms with van der Waals surface area (Å²) >= 11 is 0. The van der Waals surface area contributed by atoms with Crippen molar-refractivity contribution in [2.75, 3.05) is 13.1 Å². The second-order valence-electron chi connectivity index (χ2n) is 5.63. The van der Waals surface area contributed by atoms with Gasteiger partial charge in [0.05, 0.1) is 6.17 Å². The molecule has 2 rings (SSSR count). The van der Waals surface area contributed by atoms with Crippen molar-refractivity contribution in [1.29, 1.82) is 0 Å². The molecule has 4 N–H and O–H groups in total. The second-order valence-corrected chi connectivity index (χ2v) is 5.63. The average molecular weight is 291 g/mol. The number of carbonyl (C=O) groups is 1. The summed E-state index contributed by atoms with van der Waals surface area (Å²) in [5.41, 5.74) is 7.56. The van der Waals surface area contributed by atoms with E-state index in [0.717, 1.165) is 19.5 Å². The lowest BCUT2D eigenvalue weighted by Gasteiger charge is -2.44. The van der Waals surface area contributed by atoms with Crippen molar-refractivity contribution in [3.8, 4) is 0 Å². The third-order valence-electron chi connectivity index (χ3n) is 4.14. The molecule has 5 heteroatoms. The van der Waals surface area contributed by atoms with Gasteiger partial charge >= 0.3 is 5.97 Å². The number of nitrogens with zero attached hydrogens (tertiary/aromatic N) is 1. The van der Waals surface area contributed by atoms with Crippen LogP contribution in [0.4, 0.5) is 0 Å². The maximum atomic E-state index is 10.7. The van der Waals surface area contributed by atoms with Crippen molar-refractivity contribution in [2.45, 2.75) is 44.4 Å². The Bertz CT molecular complexity index is 452. The summed E-state index contributed by atoms with van der Waals surface area (Å²) in [6.07, 6.45) is 1.74. The molecule has 0 saturated carbocycles. The summed E-state index contributed by atoms with van der Waals surface area (Å²) < 4.78 is 0. The summed E-state index contributed by atoms with van der Waals surface area (Å²) in [7, 11) is 0. The van der Waals surface area contributed by atoms with Gasteiger partial charge in [0, 0.05) is 31.6 Å². The van der Waals surface area contributed by atoms with Crippen LogP contribution in [-0.4, -0.2) is 41.3 Å². The molecule has 1 aliphatic heterocycles. The van der Waals surface area contributed by atoms with Crippen molar-refractivity contribution in [3.63, 3.8) is 0 Å². The third-order valence-corrected chi connectivity index (χ3v) is 4.14. The molecule has 5 nitrogen and oxygen atoms in total. The van der Waals surface area contributed by atoms with E-state index in [4.69, 9.17) is 10.8 Å². The predicted octanol–water partition coefficient (Wildman–Crippen LogP) is 1.56. The number of carboxylic acids is 1. The fourth-order valence-corrected chi connectivity index (χ4v) is 2.94. The normalized spacial score (nSPS) is 26.7. The van der Waals surface area contributed by atoms with Gasteiger partial charge < -0.3 is 16.2 Å². The van der Waals surface area contributed by atoms with Crippen LogP contribution >= 0.6 is 0 Å². The molecule has 1 aromatic rings. The van der Waals surface area contributed by atoms with E-state index in [1.807, 2.05) is 18.2 Å². The van der Waals surface area contributed by atoms with Crippen molar-refractivity contribution < 1.29 is 9.90 Å². The Morgan fingerprint density at radius 3 is 2.76 bits per heavy atom. The standard InChI is InChI=1S/C16H25N3O2/c1-2-13-16(17)19(10-6-9-15(20)21)11-14(18-13)12-7-4-3-5-8-12/h3-5,7-8,13-14,16,18H,2,6,9-11,17H2,1H3,(H,20,21). The fourth-order valence-electron chi connectivity index (χ4n) is 2.94. The molecule has 0 spiro atoms. The number of carboxylic acid groups (broad SMARTS) is 1. The molecule has 3 unspecified atom stereocenters. The van der Waals surface area contributed by atoms with E-state index in [0.29, 0.717) is 6.42 Å². The third kappa shape index (κ3) is 4.27. The van der Waals surface area contributed by atoms with Gasteiger partial charge in [-0.25, -0.2) is 0 Å². The highest BCUT2D eigenvalue weighted by Crippen LogP contribution is 2.22. The fraction of sp³-hybridized carbons (Fsp3) is 0.562. The lowest BCUT2D eigenvalue weighted by molar-refractivity contribution is -0.137. The van der Waals surface area contributed by atoms with Crippen molar-refractivity contribution in [1.82, 2.24) is 10.2 Å². The smallest absolute Gasteiger partial charge is 0.303 e. The maximum Gasteiger partial charge on any atom is 0.303 e. The Hall–Kier alpha value is -1.43. The number of hydrogen-bond donors (Lipinski definition) is 3. The van der Waals surface area contributed by atoms with E-state index in [-0.39, 0.29) is 24.7 Å². The summed E-state index contributed by atoms with van der Waals surface area (Å²) in [4.78, 5) is 12.9. The molecule has 0 radical (unpaired) electrons. The number of nitrogens with one attached hydrogen (secondary N) is 1. The lowest BCUT2D eigenvalue weighted by atomic mass is 9.98. The summed E-state index contributed by atoms with van der Waals surface area (Å²) in [6, 6.07) is 10.8. The van der Waals surface area contributed by atoms with Crippen LogP contribution in [0.2, 0.25) is 0 Å². The molecular formula is C16H25N3O2. The minimum Gasteiger partial charge on any atom is -0.481 e. The Morgan fingerprint density at radius 1 is 1.43 bits per heavy atom. The van der Waals surface area contributed by atoms with Crippen LogP contribution in [0, 0.1) is 0 Å². The molecule has 1 aromatic carbocycles. The topological polar surface area (TPSA) is 78.6 Å². The van der Waals surface area contributed by atoms with Gasteiger partial charge in [0.2, 0.25) is 0 Å². The van der Waals surface area contributed by atoms with Gasteiger partial charge in [-0.1, -0.05) is 37.3 Å². The first kappa shape index (κ1) is 15.9. The maximum absolute atomic E-state index is 10.7. The first-order valence-corrected chi connectivity index (χ1v) is 7.64. The van der Waals surface area contributed by atoms with Crippen molar-refractivity contribution in [3.05, 3.63) is 35.9 Å². The molecule has 1 heterocycles. The summed E-state index contributed by atoms with van der Waals surface area (Å²) in [5.74, 6) is -0.745. The Labute approximate surface area is 126 Å². The Kier molecular flexibility index (Phi) is 5.73. The molecule has 0 amide bonds. The molecule has 116 valence electrons. The molecule has 0 aliphatic carbocycles. The number of rotatable bonds is 6. The number of benzene rings is 1. The van der Waals surface area contributed by atoms with Crippen LogP contribution in [0.15, 0.2) is 30.3 Å². The van der Waals surface area contributed by atoms with E-state index in [1.54, 1.807) is 0 Å². The zero-order chi connectivity index (χ0) is 15.2. The molecule has 21 heavy (non-hydrogen) atoms. The van der Waals surface area contributed by atoms with E-state index < -0.39 is 5.97 Å². The van der Waals surface area contributed by atoms with Crippen LogP contribution < -0.4 is 11.1 Å². The van der Waals surface area contributed by atoms with E-state index in [2.05, 4.69) is 29.3 Å². The molecule has 1 aliphatic rings. The highest BCUT2D eigenvalue weighted by Gasteiger charge is 2.32. The Morgan fingerprint density at radius 2 is 2.14 bits per heavy atom. The largest absolute Gasteiger partial charge is 0.481 e. The van der Waals surface area contributed by atoms with Gasteiger partial charge in [0.25, 0.3) is 0 Å². The highest BCUT2D eigenvalue weighted by atomic mass is 16.4. The monoisotopic (exact) mass is 291 g/mol. The molecule has 1 fully saturated rings. The first-order valence-electron chi connectivity index (χ1n) is 7.64. The SMILES string of the molecule is CCC1NC(c2ccccc2)CN(CCCC(=O)O)C1N. The second kappa shape index (κ2) is 7.54. The van der Waals surface area contributed by atoms with Gasteiger partial charge in [0.1, 0.15) is 0 Å². The lowest BCUT2D eigenvalue weighted by Crippen LogP contribution is -2.62. The van der Waals surface area contributed by atoms with Crippen molar-refractivity contribution >= 4 is 5.97 Å². The predicted molar refractivity (Wildman–Crippen MR) is 82.8 cm³/mol. The number of hydrogen-bond acceptors (Lipinski definition) is 4. The van der Waals surface area contributed by atoms with Gasteiger partial charge in [-0.15, -0.1) is 0 Å². The summed E-state index contributed by atoms with van der Waals surface area (Å²) in [6.45, 7) is 3.68. The zero-order valence-corrected chi connectivity index (χ0v) is 12.5. The van der Waals surface area contributed by atoms with Gasteiger partial charge in [0.15, 0.2) is 0 Å². The molecule has 0 bridgehead atoms. The molecular weight excluding hydrogens is 266 g/mol. The van der Waals surface area contributed by atoms with Crippen LogP contribution in [0.1, 0.15) is 37.8 Å². The van der Waals surface area contributed by atoms with E-state index in [9.17, 15) is 4.79 Å². The highest BCUT2D eigenvalue weighted by molar-refractivity contribution is 5.66. The first-order chi connectivity index (χ1) is 10.1. The summed E-state index contributed by atoms with van der Waals surface area (Å²) in [5, 5.41) is 12.4. The number of nitrogens with two attached hydrogens (primary N) is 1. The van der Waals surface area contributed by atoms with Crippen molar-refractivity contribution in [2.24, 2.45) is 5.73 Å². The molecule has 1 saturated heterocycles. The van der Waals surface area contributed by atoms with Gasteiger partial charge in [-0.2, -0.15) is 0 Å². The minimum absolute atomic E-state index is 0.0521. The number of piperazine rings is 1. The van der Waals surface area contributed by atoms with Crippen LogP contribution in [-0.2, 0) is 4.79 Å². The molecule has 0 aromatic heterocycles. The van der Waals surface area contributed by atoms with Crippen LogP contribution in [0.3, 0.4) is 0 Å². The van der Waals surface area contributed by atoms with E-state index in [1.165, 1.54) is 5.56 Å². The zero-order valence-electron chi connectivity index (χ0n) is 12.5.